The van der Waals surface area contributed by atoms with Gasteiger partial charge in [0.1, 0.15) is 0 Å². The summed E-state index contributed by atoms with van der Waals surface area (Å²) in [4.78, 5) is 29.0. The quantitative estimate of drug-likeness (QED) is 0.643. The van der Waals surface area contributed by atoms with Crippen LogP contribution in [-0.4, -0.2) is 73.3 Å². The lowest BCUT2D eigenvalue weighted by Gasteiger charge is -2.30. The van der Waals surface area contributed by atoms with Crippen LogP contribution < -0.4 is 0 Å². The molecule has 0 rings (SSSR count). The van der Waals surface area contributed by atoms with E-state index >= 15 is 0 Å². The fourth-order valence-electron chi connectivity index (χ4n) is 1.62. The molecule has 19 heavy (non-hydrogen) atoms. The van der Waals surface area contributed by atoms with Crippen molar-refractivity contribution in [3.63, 3.8) is 0 Å². The lowest BCUT2D eigenvalue weighted by atomic mass is 10.2. The maximum absolute atomic E-state index is 12.3. The van der Waals surface area contributed by atoms with E-state index in [0.717, 1.165) is 5.57 Å². The number of likely N-dealkylation sites (N-methyl/N-ethyl adjacent to an activating group) is 3. The molecule has 0 spiro atoms. The van der Waals surface area contributed by atoms with Crippen LogP contribution in [0.3, 0.4) is 0 Å². The Balaban J connectivity index is 4.60. The second-order valence-corrected chi connectivity index (χ2v) is 5.19. The molecule has 0 saturated heterocycles. The van der Waals surface area contributed by atoms with Gasteiger partial charge in [0, 0.05) is 27.2 Å². The average Bonchev–Trinajstić information content (AvgIpc) is 2.33. The van der Waals surface area contributed by atoms with Gasteiger partial charge in [-0.2, -0.15) is 0 Å². The molecular formula is C14H27N3O2. The van der Waals surface area contributed by atoms with Crippen molar-refractivity contribution in [3.8, 4) is 0 Å². The van der Waals surface area contributed by atoms with Crippen molar-refractivity contribution in [2.24, 2.45) is 0 Å². The Morgan fingerprint density at radius 3 is 2.05 bits per heavy atom. The lowest BCUT2D eigenvalue weighted by Crippen LogP contribution is -2.48. The highest BCUT2D eigenvalue weighted by molar-refractivity contribution is 5.83. The lowest BCUT2D eigenvalue weighted by molar-refractivity contribution is -0.137. The number of amides is 2. The molecule has 110 valence electrons. The van der Waals surface area contributed by atoms with Gasteiger partial charge < -0.3 is 9.80 Å². The molecule has 0 aliphatic carbocycles. The summed E-state index contributed by atoms with van der Waals surface area (Å²) in [6, 6.07) is -0.316. The summed E-state index contributed by atoms with van der Waals surface area (Å²) in [5.41, 5.74) is 0.953. The molecule has 0 fully saturated rings. The highest BCUT2D eigenvalue weighted by atomic mass is 16.2. The molecule has 5 heteroatoms. The van der Waals surface area contributed by atoms with Gasteiger partial charge in [0.25, 0.3) is 0 Å². The van der Waals surface area contributed by atoms with Gasteiger partial charge in [-0.05, 0) is 27.8 Å². The zero-order valence-corrected chi connectivity index (χ0v) is 13.1. The summed E-state index contributed by atoms with van der Waals surface area (Å²) >= 11 is 0. The van der Waals surface area contributed by atoms with Gasteiger partial charge in [0.15, 0.2) is 0 Å². The molecule has 2 amide bonds. The van der Waals surface area contributed by atoms with Gasteiger partial charge in [-0.25, -0.2) is 0 Å². The van der Waals surface area contributed by atoms with Crippen LogP contribution in [0.25, 0.3) is 0 Å². The third kappa shape index (κ3) is 5.87. The van der Waals surface area contributed by atoms with E-state index in [1.54, 1.807) is 30.9 Å². The van der Waals surface area contributed by atoms with Crippen LogP contribution in [0.2, 0.25) is 0 Å². The van der Waals surface area contributed by atoms with Crippen LogP contribution in [0.1, 0.15) is 20.8 Å². The normalized spacial score (nSPS) is 12.2. The minimum Gasteiger partial charge on any atom is -0.348 e. The third-order valence-electron chi connectivity index (χ3n) is 3.06. The van der Waals surface area contributed by atoms with Gasteiger partial charge in [0.2, 0.25) is 11.8 Å². The van der Waals surface area contributed by atoms with Crippen molar-refractivity contribution in [2.45, 2.75) is 26.8 Å². The molecule has 0 aromatic carbocycles. The predicted octanol–water partition coefficient (Wildman–Crippen LogP) is 0.820. The molecule has 0 radical (unpaired) electrons. The SMILES string of the molecule is C=C(C)CN(CC)C(=O)C(C)N(C)CC(=O)N(C)C. The van der Waals surface area contributed by atoms with E-state index in [4.69, 9.17) is 0 Å². The van der Waals surface area contributed by atoms with E-state index in [9.17, 15) is 9.59 Å². The molecule has 0 saturated carbocycles. The number of hydrogen-bond acceptors (Lipinski definition) is 3. The fourth-order valence-corrected chi connectivity index (χ4v) is 1.62. The Morgan fingerprint density at radius 1 is 1.16 bits per heavy atom. The zero-order valence-electron chi connectivity index (χ0n) is 13.1. The van der Waals surface area contributed by atoms with Crippen LogP contribution in [-0.2, 0) is 9.59 Å². The number of carbonyl (C=O) groups is 2. The van der Waals surface area contributed by atoms with Crippen LogP contribution in [0.15, 0.2) is 12.2 Å². The van der Waals surface area contributed by atoms with Crippen LogP contribution in [0.4, 0.5) is 0 Å². The molecule has 0 aliphatic rings. The molecule has 5 nitrogen and oxygen atoms in total. The molecule has 0 aliphatic heterocycles. The molecule has 0 bridgehead atoms. The van der Waals surface area contributed by atoms with Crippen LogP contribution >= 0.6 is 0 Å². The topological polar surface area (TPSA) is 43.9 Å². The molecule has 1 unspecified atom stereocenters. The van der Waals surface area contributed by atoms with E-state index in [1.807, 2.05) is 20.8 Å². The van der Waals surface area contributed by atoms with Crippen molar-refractivity contribution in [2.75, 3.05) is 40.8 Å². The average molecular weight is 269 g/mol. The smallest absolute Gasteiger partial charge is 0.239 e. The highest BCUT2D eigenvalue weighted by Crippen LogP contribution is 2.05. The highest BCUT2D eigenvalue weighted by Gasteiger charge is 2.24. The minimum atomic E-state index is -0.316. The maximum Gasteiger partial charge on any atom is 0.239 e. The Labute approximate surface area is 116 Å². The predicted molar refractivity (Wildman–Crippen MR) is 77.9 cm³/mol. The van der Waals surface area contributed by atoms with Gasteiger partial charge in [-0.3, -0.25) is 14.5 Å². The van der Waals surface area contributed by atoms with Gasteiger partial charge in [-0.15, -0.1) is 0 Å². The molecule has 0 heterocycles. The van der Waals surface area contributed by atoms with E-state index < -0.39 is 0 Å². The summed E-state index contributed by atoms with van der Waals surface area (Å²) in [5.74, 6) is 0.0182. The zero-order chi connectivity index (χ0) is 15.2. The fraction of sp³-hybridized carbons (Fsp3) is 0.714. The van der Waals surface area contributed by atoms with Crippen LogP contribution in [0, 0.1) is 0 Å². The van der Waals surface area contributed by atoms with Gasteiger partial charge >= 0.3 is 0 Å². The van der Waals surface area contributed by atoms with E-state index in [2.05, 4.69) is 6.58 Å². The van der Waals surface area contributed by atoms with E-state index in [0.29, 0.717) is 13.1 Å². The Hall–Kier alpha value is -1.36. The second kappa shape index (κ2) is 7.94. The van der Waals surface area contributed by atoms with Gasteiger partial charge in [-0.1, -0.05) is 12.2 Å². The van der Waals surface area contributed by atoms with Gasteiger partial charge in [0.05, 0.1) is 12.6 Å². The summed E-state index contributed by atoms with van der Waals surface area (Å²) in [7, 11) is 5.21. The molecule has 0 N–H and O–H groups in total. The largest absolute Gasteiger partial charge is 0.348 e. The number of carbonyl (C=O) groups excluding carboxylic acids is 2. The first-order valence-corrected chi connectivity index (χ1v) is 6.54. The van der Waals surface area contributed by atoms with Crippen molar-refractivity contribution < 1.29 is 9.59 Å². The van der Waals surface area contributed by atoms with Crippen molar-refractivity contribution in [1.29, 1.82) is 0 Å². The van der Waals surface area contributed by atoms with Crippen molar-refractivity contribution in [1.82, 2.24) is 14.7 Å². The summed E-state index contributed by atoms with van der Waals surface area (Å²) in [6.45, 7) is 11.0. The molecule has 0 aromatic rings. The Morgan fingerprint density at radius 2 is 1.68 bits per heavy atom. The van der Waals surface area contributed by atoms with E-state index in [-0.39, 0.29) is 24.4 Å². The second-order valence-electron chi connectivity index (χ2n) is 5.19. The first-order valence-electron chi connectivity index (χ1n) is 6.54. The maximum atomic E-state index is 12.3. The summed E-state index contributed by atoms with van der Waals surface area (Å²) < 4.78 is 0. The Bertz CT molecular complexity index is 340. The minimum absolute atomic E-state index is 0.00917. The number of hydrogen-bond donors (Lipinski definition) is 0. The standard InChI is InChI=1S/C14H27N3O2/c1-8-17(9-11(2)3)14(19)12(4)16(7)10-13(18)15(5)6/h12H,2,8-10H2,1,3-7H3. The summed E-state index contributed by atoms with van der Waals surface area (Å²) in [6.07, 6.45) is 0. The van der Waals surface area contributed by atoms with E-state index in [1.165, 1.54) is 4.90 Å². The summed E-state index contributed by atoms with van der Waals surface area (Å²) in [5, 5.41) is 0. The molecular weight excluding hydrogens is 242 g/mol. The Kier molecular flexibility index (Phi) is 7.37. The molecule has 1 atom stereocenters. The monoisotopic (exact) mass is 269 g/mol. The first-order chi connectivity index (χ1) is 8.70. The molecule has 0 aromatic heterocycles. The van der Waals surface area contributed by atoms with Crippen molar-refractivity contribution in [3.05, 3.63) is 12.2 Å². The van der Waals surface area contributed by atoms with Crippen LogP contribution in [0.5, 0.6) is 0 Å². The third-order valence-corrected chi connectivity index (χ3v) is 3.06. The first kappa shape index (κ1) is 17.6. The van der Waals surface area contributed by atoms with Crippen molar-refractivity contribution >= 4 is 11.8 Å². The number of rotatable bonds is 7. The number of nitrogens with zero attached hydrogens (tertiary/aromatic N) is 3.